The highest BCUT2D eigenvalue weighted by molar-refractivity contribution is 5.79. The van der Waals surface area contributed by atoms with Crippen molar-refractivity contribution >= 4 is 5.78 Å². The first kappa shape index (κ1) is 14.0. The Bertz CT molecular complexity index is 244. The number of ketones is 1. The average molecular weight is 214 g/mol. The second-order valence-electron chi connectivity index (χ2n) is 3.42. The van der Waals surface area contributed by atoms with E-state index in [4.69, 9.17) is 0 Å². The first-order valence-electron chi connectivity index (χ1n) is 5.33. The van der Waals surface area contributed by atoms with Gasteiger partial charge in [0.15, 0.2) is 0 Å². The molecule has 0 amide bonds. The van der Waals surface area contributed by atoms with Gasteiger partial charge in [-0.2, -0.15) is 0 Å². The van der Waals surface area contributed by atoms with Crippen molar-refractivity contribution in [2.24, 2.45) is 0 Å². The standard InChI is InChI=1S/C12H19FO2/c1-3-5-10(13)7-8-12(15)9-11(14)6-4-2/h5,7-8,12,15H,3-4,6,9H2,1-2H3/b8-7-,10-5+. The van der Waals surface area contributed by atoms with Crippen LogP contribution in [-0.4, -0.2) is 17.0 Å². The Hall–Kier alpha value is -0.960. The third-order valence-corrected chi connectivity index (χ3v) is 1.84. The Labute approximate surface area is 90.5 Å². The summed E-state index contributed by atoms with van der Waals surface area (Å²) in [6.07, 6.45) is 4.99. The summed E-state index contributed by atoms with van der Waals surface area (Å²) < 4.78 is 12.8. The van der Waals surface area contributed by atoms with E-state index < -0.39 is 6.10 Å². The highest BCUT2D eigenvalue weighted by atomic mass is 19.1. The minimum atomic E-state index is -0.875. The molecule has 0 radical (unpaired) electrons. The van der Waals surface area contributed by atoms with Crippen LogP contribution in [0.15, 0.2) is 24.1 Å². The van der Waals surface area contributed by atoms with Crippen LogP contribution in [0.25, 0.3) is 0 Å². The summed E-state index contributed by atoms with van der Waals surface area (Å²) in [7, 11) is 0. The number of aliphatic hydroxyl groups excluding tert-OH is 1. The van der Waals surface area contributed by atoms with Gasteiger partial charge in [-0.3, -0.25) is 4.79 Å². The summed E-state index contributed by atoms with van der Waals surface area (Å²) >= 11 is 0. The van der Waals surface area contributed by atoms with Gasteiger partial charge in [-0.05, 0) is 25.0 Å². The summed E-state index contributed by atoms with van der Waals surface area (Å²) in [6, 6.07) is 0. The van der Waals surface area contributed by atoms with E-state index in [1.807, 2.05) is 13.8 Å². The van der Waals surface area contributed by atoms with Crippen molar-refractivity contribution in [1.82, 2.24) is 0 Å². The van der Waals surface area contributed by atoms with Gasteiger partial charge in [-0.25, -0.2) is 4.39 Å². The maximum atomic E-state index is 12.8. The Kier molecular flexibility index (Phi) is 7.82. The van der Waals surface area contributed by atoms with Crippen molar-refractivity contribution in [3.63, 3.8) is 0 Å². The zero-order chi connectivity index (χ0) is 11.7. The Morgan fingerprint density at radius 3 is 2.67 bits per heavy atom. The Morgan fingerprint density at radius 1 is 1.47 bits per heavy atom. The monoisotopic (exact) mass is 214 g/mol. The minimum absolute atomic E-state index is 0.00882. The zero-order valence-electron chi connectivity index (χ0n) is 9.37. The molecule has 0 rings (SSSR count). The average Bonchev–Trinajstić information content (AvgIpc) is 2.15. The second-order valence-corrected chi connectivity index (χ2v) is 3.42. The first-order chi connectivity index (χ1) is 7.10. The lowest BCUT2D eigenvalue weighted by molar-refractivity contribution is -0.120. The highest BCUT2D eigenvalue weighted by Gasteiger charge is 2.06. The number of allylic oxidation sites excluding steroid dienone is 3. The van der Waals surface area contributed by atoms with Gasteiger partial charge in [0.2, 0.25) is 0 Å². The van der Waals surface area contributed by atoms with Crippen LogP contribution in [0.3, 0.4) is 0 Å². The number of rotatable bonds is 7. The summed E-state index contributed by atoms with van der Waals surface area (Å²) in [5.41, 5.74) is 0. The van der Waals surface area contributed by atoms with E-state index in [0.717, 1.165) is 6.42 Å². The quantitative estimate of drug-likeness (QED) is 0.661. The van der Waals surface area contributed by atoms with Crippen LogP contribution >= 0.6 is 0 Å². The molecule has 0 spiro atoms. The molecule has 0 heterocycles. The van der Waals surface area contributed by atoms with Gasteiger partial charge in [0.1, 0.15) is 11.6 Å². The minimum Gasteiger partial charge on any atom is -0.389 e. The number of carbonyl (C=O) groups excluding carboxylic acids is 1. The van der Waals surface area contributed by atoms with Gasteiger partial charge in [0.05, 0.1) is 6.10 Å². The molecule has 0 aliphatic rings. The van der Waals surface area contributed by atoms with Crippen LogP contribution in [0.2, 0.25) is 0 Å². The molecular weight excluding hydrogens is 195 g/mol. The lowest BCUT2D eigenvalue weighted by Crippen LogP contribution is -2.10. The molecule has 86 valence electrons. The normalized spacial score (nSPS) is 14.5. The smallest absolute Gasteiger partial charge is 0.135 e. The fourth-order valence-corrected chi connectivity index (χ4v) is 1.15. The molecular formula is C12H19FO2. The third-order valence-electron chi connectivity index (χ3n) is 1.84. The largest absolute Gasteiger partial charge is 0.389 e. The van der Waals surface area contributed by atoms with Crippen molar-refractivity contribution in [3.05, 3.63) is 24.1 Å². The van der Waals surface area contributed by atoms with E-state index in [9.17, 15) is 14.3 Å². The summed E-state index contributed by atoms with van der Waals surface area (Å²) in [6.45, 7) is 3.73. The number of hydrogen-bond donors (Lipinski definition) is 1. The van der Waals surface area contributed by atoms with Gasteiger partial charge in [0.25, 0.3) is 0 Å². The van der Waals surface area contributed by atoms with Crippen LogP contribution in [0.5, 0.6) is 0 Å². The van der Waals surface area contributed by atoms with Crippen LogP contribution in [0.1, 0.15) is 39.5 Å². The lowest BCUT2D eigenvalue weighted by atomic mass is 10.1. The van der Waals surface area contributed by atoms with Gasteiger partial charge in [-0.1, -0.05) is 19.9 Å². The predicted molar refractivity (Wildman–Crippen MR) is 59.2 cm³/mol. The number of Topliss-reactive ketones (excluding diaryl/α,β-unsaturated/α-hetero) is 1. The van der Waals surface area contributed by atoms with E-state index in [-0.39, 0.29) is 18.0 Å². The molecule has 0 aliphatic heterocycles. The van der Waals surface area contributed by atoms with Crippen LogP contribution in [0, 0.1) is 0 Å². The SMILES string of the molecule is CC/C=C(F)\C=C/C(O)CC(=O)CCC. The molecule has 3 heteroatoms. The van der Waals surface area contributed by atoms with E-state index in [0.29, 0.717) is 12.8 Å². The lowest BCUT2D eigenvalue weighted by Gasteiger charge is -2.03. The highest BCUT2D eigenvalue weighted by Crippen LogP contribution is 2.05. The predicted octanol–water partition coefficient (Wildman–Crippen LogP) is 2.93. The van der Waals surface area contributed by atoms with Crippen molar-refractivity contribution in [2.45, 2.75) is 45.6 Å². The van der Waals surface area contributed by atoms with Gasteiger partial charge in [0, 0.05) is 12.8 Å². The third kappa shape index (κ3) is 8.06. The summed E-state index contributed by atoms with van der Waals surface area (Å²) in [4.78, 5) is 11.1. The van der Waals surface area contributed by atoms with Crippen molar-refractivity contribution in [1.29, 1.82) is 0 Å². The molecule has 0 saturated carbocycles. The Morgan fingerprint density at radius 2 is 2.13 bits per heavy atom. The molecule has 2 nitrogen and oxygen atoms in total. The fourth-order valence-electron chi connectivity index (χ4n) is 1.15. The van der Waals surface area contributed by atoms with Crippen molar-refractivity contribution in [3.8, 4) is 0 Å². The number of hydrogen-bond acceptors (Lipinski definition) is 2. The molecule has 0 aromatic heterocycles. The van der Waals surface area contributed by atoms with E-state index in [2.05, 4.69) is 0 Å². The maximum Gasteiger partial charge on any atom is 0.135 e. The molecule has 15 heavy (non-hydrogen) atoms. The van der Waals surface area contributed by atoms with E-state index >= 15 is 0 Å². The molecule has 0 bridgehead atoms. The number of halogens is 1. The second kappa shape index (κ2) is 8.36. The number of carbonyl (C=O) groups is 1. The number of aliphatic hydroxyl groups is 1. The summed E-state index contributed by atoms with van der Waals surface area (Å²) in [5, 5.41) is 9.36. The van der Waals surface area contributed by atoms with Crippen molar-refractivity contribution < 1.29 is 14.3 Å². The molecule has 0 aliphatic carbocycles. The zero-order valence-corrected chi connectivity index (χ0v) is 9.37. The molecule has 0 aromatic carbocycles. The van der Waals surface area contributed by atoms with E-state index in [1.54, 1.807) is 0 Å². The van der Waals surface area contributed by atoms with Gasteiger partial charge in [-0.15, -0.1) is 0 Å². The fraction of sp³-hybridized carbons (Fsp3) is 0.583. The molecule has 0 fully saturated rings. The molecule has 1 N–H and O–H groups in total. The van der Waals surface area contributed by atoms with Gasteiger partial charge < -0.3 is 5.11 Å². The topological polar surface area (TPSA) is 37.3 Å². The van der Waals surface area contributed by atoms with Crippen LogP contribution in [-0.2, 0) is 4.79 Å². The van der Waals surface area contributed by atoms with Crippen LogP contribution < -0.4 is 0 Å². The molecule has 0 saturated heterocycles. The van der Waals surface area contributed by atoms with Gasteiger partial charge >= 0.3 is 0 Å². The molecule has 0 aromatic rings. The molecule has 1 atom stereocenters. The first-order valence-corrected chi connectivity index (χ1v) is 5.33. The van der Waals surface area contributed by atoms with Crippen LogP contribution in [0.4, 0.5) is 4.39 Å². The molecule has 1 unspecified atom stereocenters. The Balaban J connectivity index is 3.97. The van der Waals surface area contributed by atoms with Crippen molar-refractivity contribution in [2.75, 3.05) is 0 Å². The summed E-state index contributed by atoms with van der Waals surface area (Å²) in [5.74, 6) is -0.367. The van der Waals surface area contributed by atoms with E-state index in [1.165, 1.54) is 18.2 Å². The maximum absolute atomic E-state index is 12.8.